The van der Waals surface area contributed by atoms with Crippen LogP contribution in [0.1, 0.15) is 0 Å². The molecule has 0 saturated heterocycles. The van der Waals surface area contributed by atoms with Crippen molar-refractivity contribution in [1.29, 1.82) is 0 Å². The Morgan fingerprint density at radius 1 is 0.377 bits per heavy atom. The van der Waals surface area contributed by atoms with Crippen LogP contribution in [0.15, 0.2) is 192 Å². The fraction of sp³-hybridized carbons (Fsp3) is 0. The summed E-state index contributed by atoms with van der Waals surface area (Å²) in [6, 6.07) is 68.1. The Kier molecular flexibility index (Phi) is 6.76. The molecule has 2 heterocycles. The molecule has 0 amide bonds. The normalized spacial score (nSPS) is 11.8. The number of hydrogen-bond acceptors (Lipinski definition) is 3. The van der Waals surface area contributed by atoms with Crippen molar-refractivity contribution in [2.24, 2.45) is 0 Å². The van der Waals surface area contributed by atoms with Crippen molar-refractivity contribution < 1.29 is 4.42 Å². The van der Waals surface area contributed by atoms with Crippen LogP contribution < -0.4 is 4.90 Å². The number of nitrogens with zero attached hydrogens (tertiary/aromatic N) is 1. The highest BCUT2D eigenvalue weighted by Crippen LogP contribution is 2.52. The zero-order valence-corrected chi connectivity index (χ0v) is 29.5. The van der Waals surface area contributed by atoms with Gasteiger partial charge in [0.1, 0.15) is 11.2 Å². The zero-order chi connectivity index (χ0) is 34.9. The lowest BCUT2D eigenvalue weighted by Gasteiger charge is -2.31. The van der Waals surface area contributed by atoms with Crippen LogP contribution in [0.25, 0.3) is 85.9 Å². The predicted molar refractivity (Wildman–Crippen MR) is 227 cm³/mol. The average Bonchev–Trinajstić information content (AvgIpc) is 3.80. The van der Waals surface area contributed by atoms with E-state index in [4.69, 9.17) is 4.42 Å². The van der Waals surface area contributed by atoms with Crippen molar-refractivity contribution in [2.45, 2.75) is 0 Å². The molecular weight excluding hydrogens is 663 g/mol. The number of thiophene rings is 1. The van der Waals surface area contributed by atoms with Gasteiger partial charge in [-0.15, -0.1) is 11.3 Å². The molecule has 0 unspecified atom stereocenters. The highest BCUT2D eigenvalue weighted by atomic mass is 32.1. The number of anilines is 3. The van der Waals surface area contributed by atoms with E-state index in [2.05, 4.69) is 187 Å². The first kappa shape index (κ1) is 30.0. The Hall–Kier alpha value is -6.68. The van der Waals surface area contributed by atoms with Crippen molar-refractivity contribution in [3.05, 3.63) is 188 Å². The summed E-state index contributed by atoms with van der Waals surface area (Å²) in [5.74, 6) is 0. The summed E-state index contributed by atoms with van der Waals surface area (Å²) >= 11 is 1.86. The molecule has 9 aromatic carbocycles. The fourth-order valence-corrected chi connectivity index (χ4v) is 9.53. The van der Waals surface area contributed by atoms with Crippen LogP contribution in [-0.4, -0.2) is 0 Å². The molecule has 0 spiro atoms. The smallest absolute Gasteiger partial charge is 0.137 e. The average molecular weight is 694 g/mol. The summed E-state index contributed by atoms with van der Waals surface area (Å²) in [4.78, 5) is 2.51. The third-order valence-electron chi connectivity index (χ3n) is 10.6. The Morgan fingerprint density at radius 2 is 1.00 bits per heavy atom. The first-order valence-corrected chi connectivity index (χ1v) is 18.8. The lowest BCUT2D eigenvalue weighted by Crippen LogP contribution is -2.13. The van der Waals surface area contributed by atoms with Crippen molar-refractivity contribution in [1.82, 2.24) is 0 Å². The minimum Gasteiger partial charge on any atom is -0.456 e. The Bertz CT molecular complexity index is 3190. The van der Waals surface area contributed by atoms with Gasteiger partial charge in [-0.2, -0.15) is 0 Å². The van der Waals surface area contributed by atoms with Gasteiger partial charge in [-0.25, -0.2) is 0 Å². The molecule has 0 N–H and O–H groups in total. The van der Waals surface area contributed by atoms with Crippen LogP contribution in [0, 0.1) is 0 Å². The fourth-order valence-electron chi connectivity index (χ4n) is 8.40. The maximum Gasteiger partial charge on any atom is 0.137 e. The first-order valence-electron chi connectivity index (χ1n) is 18.0. The van der Waals surface area contributed by atoms with E-state index in [-0.39, 0.29) is 0 Å². The van der Waals surface area contributed by atoms with Crippen LogP contribution >= 0.6 is 11.3 Å². The van der Waals surface area contributed by atoms with Crippen LogP contribution in [0.2, 0.25) is 0 Å². The molecule has 0 radical (unpaired) electrons. The number of rotatable bonds is 5. The summed E-state index contributed by atoms with van der Waals surface area (Å²) < 4.78 is 9.12. The van der Waals surface area contributed by atoms with Crippen LogP contribution in [0.4, 0.5) is 17.1 Å². The zero-order valence-electron chi connectivity index (χ0n) is 28.7. The van der Waals surface area contributed by atoms with E-state index in [0.717, 1.165) is 39.0 Å². The summed E-state index contributed by atoms with van der Waals surface area (Å²) in [6.45, 7) is 0. The molecule has 0 bridgehead atoms. The van der Waals surface area contributed by atoms with Crippen LogP contribution in [0.3, 0.4) is 0 Å². The van der Waals surface area contributed by atoms with E-state index in [1.165, 1.54) is 64.0 Å². The van der Waals surface area contributed by atoms with Gasteiger partial charge in [0.05, 0.1) is 22.4 Å². The van der Waals surface area contributed by atoms with Gasteiger partial charge in [0.2, 0.25) is 0 Å². The van der Waals surface area contributed by atoms with Gasteiger partial charge >= 0.3 is 0 Å². The molecule has 2 aromatic heterocycles. The van der Waals surface area contributed by atoms with Crippen LogP contribution in [-0.2, 0) is 0 Å². The number of fused-ring (bicyclic) bond motifs is 9. The molecule has 0 aliphatic rings. The van der Waals surface area contributed by atoms with E-state index < -0.39 is 0 Å². The molecule has 11 rings (SSSR count). The summed E-state index contributed by atoms with van der Waals surface area (Å²) in [7, 11) is 0. The second kappa shape index (κ2) is 11.9. The first-order chi connectivity index (χ1) is 26.3. The van der Waals surface area contributed by atoms with Crippen molar-refractivity contribution in [2.75, 3.05) is 4.90 Å². The van der Waals surface area contributed by atoms with Crippen LogP contribution in [0.5, 0.6) is 0 Å². The lowest BCUT2D eigenvalue weighted by atomic mass is 9.89. The molecule has 53 heavy (non-hydrogen) atoms. The molecule has 0 aliphatic heterocycles. The second-order valence-electron chi connectivity index (χ2n) is 13.6. The summed E-state index contributed by atoms with van der Waals surface area (Å²) in [5, 5.41) is 9.60. The van der Waals surface area contributed by atoms with Crippen molar-refractivity contribution >= 4 is 92.1 Å². The lowest BCUT2D eigenvalue weighted by molar-refractivity contribution is 0.669. The van der Waals surface area contributed by atoms with E-state index in [1.54, 1.807) is 0 Å². The molecule has 11 aromatic rings. The standard InChI is InChI=1S/C50H31NOS/c1-2-15-32(16-3-1)35-23-12-25-41(48(35)40-24-13-30-47-49(40)39-22-9-11-29-46(39)53-47)51(42-26-14-28-45-50(42)38-21-8-10-27-44(38)52-45)43-31-33-17-4-5-18-34(33)36-19-6-7-20-37(36)43/h1-31H. The van der Waals surface area contributed by atoms with Crippen molar-refractivity contribution in [3.8, 4) is 22.3 Å². The van der Waals surface area contributed by atoms with Gasteiger partial charge in [0, 0.05) is 36.5 Å². The molecule has 2 nitrogen and oxygen atoms in total. The number of hydrogen-bond donors (Lipinski definition) is 0. The quantitative estimate of drug-likeness (QED) is 0.167. The van der Waals surface area contributed by atoms with E-state index in [1.807, 2.05) is 17.4 Å². The van der Waals surface area contributed by atoms with Gasteiger partial charge in [-0.05, 0) is 75.3 Å². The van der Waals surface area contributed by atoms with Gasteiger partial charge in [-0.1, -0.05) is 146 Å². The molecule has 0 saturated carbocycles. The molecule has 248 valence electrons. The van der Waals surface area contributed by atoms with E-state index in [0.29, 0.717) is 0 Å². The van der Waals surface area contributed by atoms with Crippen molar-refractivity contribution in [3.63, 3.8) is 0 Å². The SMILES string of the molecule is c1ccc(-c2cccc(N(c3cc4ccccc4c4ccccc34)c3cccc4oc5ccccc5c34)c2-c2cccc3sc4ccccc4c23)cc1. The Labute approximate surface area is 310 Å². The third kappa shape index (κ3) is 4.64. The molecule has 3 heteroatoms. The number of para-hydroxylation sites is 1. The maximum atomic E-state index is 6.55. The molecule has 0 fully saturated rings. The van der Waals surface area contributed by atoms with Gasteiger partial charge in [0.15, 0.2) is 0 Å². The van der Waals surface area contributed by atoms with Gasteiger partial charge in [0.25, 0.3) is 0 Å². The Morgan fingerprint density at radius 3 is 1.89 bits per heavy atom. The second-order valence-corrected chi connectivity index (χ2v) is 14.7. The third-order valence-corrected chi connectivity index (χ3v) is 11.8. The molecule has 0 atom stereocenters. The highest BCUT2D eigenvalue weighted by molar-refractivity contribution is 7.25. The largest absolute Gasteiger partial charge is 0.456 e. The van der Waals surface area contributed by atoms with E-state index in [9.17, 15) is 0 Å². The minimum absolute atomic E-state index is 0.866. The summed E-state index contributed by atoms with van der Waals surface area (Å²) in [6.07, 6.45) is 0. The Balaban J connectivity index is 1.34. The maximum absolute atomic E-state index is 6.55. The highest BCUT2D eigenvalue weighted by Gasteiger charge is 2.27. The molecule has 0 aliphatic carbocycles. The minimum atomic E-state index is 0.866. The monoisotopic (exact) mass is 693 g/mol. The predicted octanol–water partition coefficient (Wildman–Crippen LogP) is 15.1. The topological polar surface area (TPSA) is 16.4 Å². The molecular formula is C50H31NOS. The number of benzene rings is 9. The van der Waals surface area contributed by atoms with E-state index >= 15 is 0 Å². The number of furan rings is 1. The van der Waals surface area contributed by atoms with Gasteiger partial charge in [-0.3, -0.25) is 0 Å². The summed E-state index contributed by atoms with van der Waals surface area (Å²) in [5.41, 5.74) is 9.81. The van der Waals surface area contributed by atoms with Gasteiger partial charge < -0.3 is 9.32 Å².